The molecule has 2 aromatic rings. The first-order valence-corrected chi connectivity index (χ1v) is 8.35. The number of hydrogen-bond acceptors (Lipinski definition) is 4. The Morgan fingerprint density at radius 1 is 1.35 bits per heavy atom. The Morgan fingerprint density at radius 2 is 2.13 bits per heavy atom. The topological polar surface area (TPSA) is 58.6 Å². The van der Waals surface area contributed by atoms with Crippen LogP contribution in [-0.2, 0) is 9.53 Å². The summed E-state index contributed by atoms with van der Waals surface area (Å²) in [6.07, 6.45) is 3.03. The van der Waals surface area contributed by atoms with Gasteiger partial charge < -0.3 is 15.2 Å². The normalized spacial score (nSPS) is 12.4. The van der Waals surface area contributed by atoms with E-state index in [4.69, 9.17) is 9.84 Å². The third-order valence-electron chi connectivity index (χ3n) is 3.26. The molecule has 1 aromatic carbocycles. The lowest BCUT2D eigenvalue weighted by Gasteiger charge is -2.18. The van der Waals surface area contributed by atoms with E-state index in [1.807, 2.05) is 48.7 Å². The molecular weight excluding hydrogens is 310 g/mol. The molecule has 2 N–H and O–H groups in total. The van der Waals surface area contributed by atoms with Gasteiger partial charge in [0, 0.05) is 17.5 Å². The first-order valence-electron chi connectivity index (χ1n) is 7.47. The third-order valence-corrected chi connectivity index (χ3v) is 4.10. The number of carbonyl (C=O) groups excluding carboxylic acids is 1. The quantitative estimate of drug-likeness (QED) is 0.731. The molecule has 1 atom stereocenters. The molecule has 1 heterocycles. The minimum Gasteiger partial charge on any atom is -0.394 e. The summed E-state index contributed by atoms with van der Waals surface area (Å²) in [5.41, 5.74) is 2.14. The lowest BCUT2D eigenvalue weighted by Crippen LogP contribution is -2.28. The van der Waals surface area contributed by atoms with E-state index >= 15 is 0 Å². The standard InChI is InChI=1S/C18H21NO3S/c1-14-4-6-15(7-5-14)17(22-11-10-20)13-19-18(21)9-8-16-3-2-12-23-16/h2-9,12,17,20H,10-11,13H2,1H3,(H,19,21)/b9-8+/t17-/m0/s1. The van der Waals surface area contributed by atoms with Gasteiger partial charge in [0.25, 0.3) is 0 Å². The van der Waals surface area contributed by atoms with Crippen molar-refractivity contribution in [3.05, 3.63) is 63.9 Å². The monoisotopic (exact) mass is 331 g/mol. The number of aryl methyl sites for hydroxylation is 1. The van der Waals surface area contributed by atoms with Crippen molar-refractivity contribution >= 4 is 23.3 Å². The first-order chi connectivity index (χ1) is 11.2. The van der Waals surface area contributed by atoms with E-state index in [1.165, 1.54) is 6.08 Å². The van der Waals surface area contributed by atoms with Gasteiger partial charge in [-0.1, -0.05) is 35.9 Å². The number of benzene rings is 1. The molecule has 23 heavy (non-hydrogen) atoms. The molecule has 0 fully saturated rings. The highest BCUT2D eigenvalue weighted by Gasteiger charge is 2.12. The van der Waals surface area contributed by atoms with Crippen LogP contribution in [0.4, 0.5) is 0 Å². The smallest absolute Gasteiger partial charge is 0.244 e. The number of amides is 1. The molecule has 122 valence electrons. The van der Waals surface area contributed by atoms with E-state index in [-0.39, 0.29) is 25.2 Å². The van der Waals surface area contributed by atoms with Gasteiger partial charge in [-0.3, -0.25) is 4.79 Å². The van der Waals surface area contributed by atoms with Crippen molar-refractivity contribution in [2.75, 3.05) is 19.8 Å². The molecule has 0 unspecified atom stereocenters. The Hall–Kier alpha value is -1.95. The molecule has 0 spiro atoms. The second-order valence-corrected chi connectivity index (χ2v) is 6.07. The van der Waals surface area contributed by atoms with Crippen LogP contribution >= 0.6 is 11.3 Å². The molecule has 0 aliphatic heterocycles. The zero-order valence-corrected chi connectivity index (χ0v) is 13.9. The second kappa shape index (κ2) is 9.25. The maximum absolute atomic E-state index is 11.9. The van der Waals surface area contributed by atoms with Crippen LogP contribution in [0.25, 0.3) is 6.08 Å². The highest BCUT2D eigenvalue weighted by Crippen LogP contribution is 2.17. The van der Waals surface area contributed by atoms with Crippen molar-refractivity contribution in [2.45, 2.75) is 13.0 Å². The largest absolute Gasteiger partial charge is 0.394 e. The van der Waals surface area contributed by atoms with Gasteiger partial charge in [-0.2, -0.15) is 0 Å². The van der Waals surface area contributed by atoms with E-state index in [0.29, 0.717) is 6.54 Å². The summed E-state index contributed by atoms with van der Waals surface area (Å²) in [5.74, 6) is -0.164. The lowest BCUT2D eigenvalue weighted by molar-refractivity contribution is -0.117. The molecule has 0 radical (unpaired) electrons. The SMILES string of the molecule is Cc1ccc([C@H](CNC(=O)/C=C/c2cccs2)OCCO)cc1. The summed E-state index contributed by atoms with van der Waals surface area (Å²) in [4.78, 5) is 12.9. The molecule has 5 heteroatoms. The van der Waals surface area contributed by atoms with Crippen LogP contribution in [0.5, 0.6) is 0 Å². The van der Waals surface area contributed by atoms with E-state index in [9.17, 15) is 4.79 Å². The maximum Gasteiger partial charge on any atom is 0.244 e. The van der Waals surface area contributed by atoms with Crippen molar-refractivity contribution in [1.82, 2.24) is 5.32 Å². The van der Waals surface area contributed by atoms with E-state index in [2.05, 4.69) is 5.32 Å². The summed E-state index contributed by atoms with van der Waals surface area (Å²) in [6.45, 7) is 2.56. The lowest BCUT2D eigenvalue weighted by atomic mass is 10.1. The third kappa shape index (κ3) is 5.98. The van der Waals surface area contributed by atoms with Crippen LogP contribution in [0.2, 0.25) is 0 Å². The van der Waals surface area contributed by atoms with Crippen LogP contribution < -0.4 is 5.32 Å². The molecule has 0 aliphatic rings. The van der Waals surface area contributed by atoms with E-state index in [0.717, 1.165) is 16.0 Å². The van der Waals surface area contributed by atoms with Crippen LogP contribution in [0, 0.1) is 6.92 Å². The molecule has 2 rings (SSSR count). The van der Waals surface area contributed by atoms with Crippen LogP contribution in [0.15, 0.2) is 47.9 Å². The zero-order chi connectivity index (χ0) is 16.5. The van der Waals surface area contributed by atoms with Gasteiger partial charge >= 0.3 is 0 Å². The summed E-state index contributed by atoms with van der Waals surface area (Å²) in [7, 11) is 0. The summed E-state index contributed by atoms with van der Waals surface area (Å²) in [5, 5.41) is 13.8. The predicted octanol–water partition coefficient (Wildman–Crippen LogP) is 2.94. The maximum atomic E-state index is 11.9. The van der Waals surface area contributed by atoms with Crippen molar-refractivity contribution in [3.8, 4) is 0 Å². The highest BCUT2D eigenvalue weighted by molar-refractivity contribution is 7.10. The summed E-state index contributed by atoms with van der Waals surface area (Å²) < 4.78 is 5.63. The number of rotatable bonds is 8. The number of carbonyl (C=O) groups is 1. The number of nitrogens with one attached hydrogen (secondary N) is 1. The predicted molar refractivity (Wildman–Crippen MR) is 93.3 cm³/mol. The van der Waals surface area contributed by atoms with Gasteiger partial charge in [0.15, 0.2) is 0 Å². The molecule has 1 amide bonds. The van der Waals surface area contributed by atoms with Crippen molar-refractivity contribution in [3.63, 3.8) is 0 Å². The number of ether oxygens (including phenoxy) is 1. The number of aliphatic hydroxyl groups excluding tert-OH is 1. The summed E-state index contributed by atoms with van der Waals surface area (Å²) >= 11 is 1.58. The molecule has 0 aliphatic carbocycles. The molecule has 0 saturated carbocycles. The van der Waals surface area contributed by atoms with Crippen LogP contribution in [0.3, 0.4) is 0 Å². The number of thiophene rings is 1. The number of hydrogen-bond donors (Lipinski definition) is 2. The minimum absolute atomic E-state index is 0.0470. The summed E-state index contributed by atoms with van der Waals surface area (Å²) in [6, 6.07) is 11.9. The Bertz CT molecular complexity index is 620. The Kier molecular flexibility index (Phi) is 7.00. The fraction of sp³-hybridized carbons (Fsp3) is 0.278. The van der Waals surface area contributed by atoms with Crippen molar-refractivity contribution < 1.29 is 14.6 Å². The van der Waals surface area contributed by atoms with Crippen molar-refractivity contribution in [1.29, 1.82) is 0 Å². The van der Waals surface area contributed by atoms with Gasteiger partial charge in [0.05, 0.1) is 19.3 Å². The van der Waals surface area contributed by atoms with Gasteiger partial charge in [-0.05, 0) is 30.0 Å². The Labute approximate surface area is 140 Å². The van der Waals surface area contributed by atoms with Gasteiger partial charge in [0.2, 0.25) is 5.91 Å². The average molecular weight is 331 g/mol. The van der Waals surface area contributed by atoms with E-state index in [1.54, 1.807) is 17.4 Å². The molecular formula is C18H21NO3S. The van der Waals surface area contributed by atoms with Crippen LogP contribution in [-0.4, -0.2) is 30.8 Å². The van der Waals surface area contributed by atoms with E-state index < -0.39 is 0 Å². The van der Waals surface area contributed by atoms with Crippen LogP contribution in [0.1, 0.15) is 22.1 Å². The average Bonchev–Trinajstić information content (AvgIpc) is 3.07. The molecule has 4 nitrogen and oxygen atoms in total. The highest BCUT2D eigenvalue weighted by atomic mass is 32.1. The fourth-order valence-corrected chi connectivity index (χ4v) is 2.66. The van der Waals surface area contributed by atoms with Gasteiger partial charge in [0.1, 0.15) is 0 Å². The Balaban J connectivity index is 1.92. The molecule has 1 aromatic heterocycles. The minimum atomic E-state index is -0.276. The number of aliphatic hydroxyl groups is 1. The van der Waals surface area contributed by atoms with Crippen molar-refractivity contribution in [2.24, 2.45) is 0 Å². The first kappa shape index (κ1) is 17.4. The second-order valence-electron chi connectivity index (χ2n) is 5.09. The zero-order valence-electron chi connectivity index (χ0n) is 13.1. The van der Waals surface area contributed by atoms with Gasteiger partial charge in [-0.15, -0.1) is 11.3 Å². The fourth-order valence-electron chi connectivity index (χ4n) is 2.05. The molecule has 0 saturated heterocycles. The molecule has 0 bridgehead atoms. The van der Waals surface area contributed by atoms with Gasteiger partial charge in [-0.25, -0.2) is 0 Å². The Morgan fingerprint density at radius 3 is 2.78 bits per heavy atom.